The van der Waals surface area contributed by atoms with Crippen molar-refractivity contribution in [3.63, 3.8) is 0 Å². The molecule has 0 radical (unpaired) electrons. The molecule has 1 unspecified atom stereocenters. The van der Waals surface area contributed by atoms with E-state index in [9.17, 15) is 8.42 Å². The maximum Gasteiger partial charge on any atom is 0.279 e. The van der Waals surface area contributed by atoms with Crippen LogP contribution in [0.4, 0.5) is 0 Å². The topological polar surface area (TPSA) is 75.4 Å². The summed E-state index contributed by atoms with van der Waals surface area (Å²) in [6.07, 6.45) is 1.76. The zero-order chi connectivity index (χ0) is 10.8. The molecule has 14 heavy (non-hydrogen) atoms. The second kappa shape index (κ2) is 4.57. The fraction of sp³-hybridized carbons (Fsp3) is 1.00. The molecule has 1 aliphatic rings. The van der Waals surface area contributed by atoms with Crippen molar-refractivity contribution in [3.05, 3.63) is 0 Å². The molecule has 1 rings (SSSR count). The number of hydrogen-bond donors (Lipinski definition) is 2. The Bertz CT molecular complexity index is 276. The maximum absolute atomic E-state index is 11.7. The Balaban J connectivity index is 2.62. The van der Waals surface area contributed by atoms with Gasteiger partial charge in [0.2, 0.25) is 0 Å². The minimum Gasteiger partial charge on any atom is -0.327 e. The van der Waals surface area contributed by atoms with E-state index in [0.717, 1.165) is 12.8 Å². The highest BCUT2D eigenvalue weighted by molar-refractivity contribution is 7.87. The maximum atomic E-state index is 11.7. The largest absolute Gasteiger partial charge is 0.327 e. The Labute approximate surface area is 85.8 Å². The minimum absolute atomic E-state index is 0.0208. The number of nitrogens with zero attached hydrogens (tertiary/aromatic N) is 1. The molecular formula is C8H19N3O2S. The second-order valence-electron chi connectivity index (χ2n) is 4.04. The predicted molar refractivity (Wildman–Crippen MR) is 56.0 cm³/mol. The molecule has 0 bridgehead atoms. The van der Waals surface area contributed by atoms with E-state index in [1.165, 1.54) is 4.31 Å². The third kappa shape index (κ3) is 3.20. The summed E-state index contributed by atoms with van der Waals surface area (Å²) in [5, 5.41) is 0. The highest BCUT2D eigenvalue weighted by Gasteiger charge is 2.27. The van der Waals surface area contributed by atoms with Crippen LogP contribution in [0.3, 0.4) is 0 Å². The van der Waals surface area contributed by atoms with Crippen LogP contribution in [0.15, 0.2) is 0 Å². The summed E-state index contributed by atoms with van der Waals surface area (Å²) < 4.78 is 27.4. The van der Waals surface area contributed by atoms with Crippen LogP contribution in [0.25, 0.3) is 0 Å². The molecule has 0 aromatic carbocycles. The molecule has 0 aromatic heterocycles. The molecule has 84 valence electrons. The van der Waals surface area contributed by atoms with Crippen LogP contribution in [0.2, 0.25) is 0 Å². The molecule has 1 saturated heterocycles. The molecule has 1 heterocycles. The van der Waals surface area contributed by atoms with Crippen molar-refractivity contribution in [2.75, 3.05) is 13.1 Å². The van der Waals surface area contributed by atoms with Gasteiger partial charge in [-0.1, -0.05) is 0 Å². The highest BCUT2D eigenvalue weighted by Crippen LogP contribution is 2.11. The zero-order valence-electron chi connectivity index (χ0n) is 8.73. The first kappa shape index (κ1) is 11.9. The Morgan fingerprint density at radius 1 is 1.50 bits per heavy atom. The van der Waals surface area contributed by atoms with Crippen molar-refractivity contribution in [1.82, 2.24) is 9.03 Å². The van der Waals surface area contributed by atoms with Crippen molar-refractivity contribution < 1.29 is 8.42 Å². The van der Waals surface area contributed by atoms with Gasteiger partial charge >= 0.3 is 0 Å². The van der Waals surface area contributed by atoms with Gasteiger partial charge in [-0.25, -0.2) is 0 Å². The number of piperidine rings is 1. The number of nitrogens with two attached hydrogens (primary N) is 1. The SMILES string of the molecule is CC(C)NS(=O)(=O)N1CCCC(N)C1. The van der Waals surface area contributed by atoms with Gasteiger partial charge in [-0.05, 0) is 26.7 Å². The number of rotatable bonds is 3. The Morgan fingerprint density at radius 2 is 2.14 bits per heavy atom. The molecule has 1 fully saturated rings. The molecule has 6 heteroatoms. The fourth-order valence-corrected chi connectivity index (χ4v) is 3.07. The van der Waals surface area contributed by atoms with Gasteiger partial charge in [0.25, 0.3) is 10.2 Å². The van der Waals surface area contributed by atoms with Crippen molar-refractivity contribution in [3.8, 4) is 0 Å². The van der Waals surface area contributed by atoms with E-state index in [-0.39, 0.29) is 12.1 Å². The molecule has 0 aliphatic carbocycles. The van der Waals surface area contributed by atoms with Crippen molar-refractivity contribution in [2.45, 2.75) is 38.8 Å². The first-order valence-electron chi connectivity index (χ1n) is 4.95. The molecule has 0 aromatic rings. The van der Waals surface area contributed by atoms with E-state index >= 15 is 0 Å². The average molecular weight is 221 g/mol. The molecule has 3 N–H and O–H groups in total. The third-order valence-electron chi connectivity index (χ3n) is 2.15. The summed E-state index contributed by atoms with van der Waals surface area (Å²) in [7, 11) is -3.31. The van der Waals surface area contributed by atoms with Crippen LogP contribution in [0.5, 0.6) is 0 Å². The highest BCUT2D eigenvalue weighted by atomic mass is 32.2. The van der Waals surface area contributed by atoms with E-state index in [2.05, 4.69) is 4.72 Å². The monoisotopic (exact) mass is 221 g/mol. The van der Waals surface area contributed by atoms with Crippen LogP contribution >= 0.6 is 0 Å². The lowest BCUT2D eigenvalue weighted by Crippen LogP contribution is -2.51. The van der Waals surface area contributed by atoms with Gasteiger partial charge in [-0.3, -0.25) is 0 Å². The van der Waals surface area contributed by atoms with Gasteiger partial charge in [0.15, 0.2) is 0 Å². The van der Waals surface area contributed by atoms with Crippen LogP contribution in [0, 0.1) is 0 Å². The summed E-state index contributed by atoms with van der Waals surface area (Å²) in [5.41, 5.74) is 5.72. The normalized spacial score (nSPS) is 25.6. The predicted octanol–water partition coefficient (Wildman–Crippen LogP) is -0.348. The molecule has 1 atom stereocenters. The average Bonchev–Trinajstić information content (AvgIpc) is 2.01. The van der Waals surface area contributed by atoms with E-state index in [4.69, 9.17) is 5.73 Å². The molecular weight excluding hydrogens is 202 g/mol. The molecule has 0 spiro atoms. The lowest BCUT2D eigenvalue weighted by atomic mass is 10.1. The van der Waals surface area contributed by atoms with Crippen molar-refractivity contribution in [2.24, 2.45) is 5.73 Å². The van der Waals surface area contributed by atoms with Crippen LogP contribution in [0.1, 0.15) is 26.7 Å². The molecule has 1 aliphatic heterocycles. The Hall–Kier alpha value is -0.170. The fourth-order valence-electron chi connectivity index (χ4n) is 1.56. The van der Waals surface area contributed by atoms with Crippen LogP contribution in [-0.4, -0.2) is 37.9 Å². The lowest BCUT2D eigenvalue weighted by molar-refractivity contribution is 0.311. The summed E-state index contributed by atoms with van der Waals surface area (Å²) in [6, 6.07) is -0.0920. The first-order valence-corrected chi connectivity index (χ1v) is 6.39. The Morgan fingerprint density at radius 3 is 2.64 bits per heavy atom. The Kier molecular flexibility index (Phi) is 3.88. The standard InChI is InChI=1S/C8H19N3O2S/c1-7(2)10-14(12,13)11-5-3-4-8(9)6-11/h7-8,10H,3-6,9H2,1-2H3. The second-order valence-corrected chi connectivity index (χ2v) is 5.74. The summed E-state index contributed by atoms with van der Waals surface area (Å²) in [4.78, 5) is 0. The van der Waals surface area contributed by atoms with Gasteiger partial charge in [-0.15, -0.1) is 0 Å². The lowest BCUT2D eigenvalue weighted by Gasteiger charge is -2.30. The smallest absolute Gasteiger partial charge is 0.279 e. The van der Waals surface area contributed by atoms with E-state index in [1.54, 1.807) is 13.8 Å². The number of nitrogens with one attached hydrogen (secondary N) is 1. The number of hydrogen-bond acceptors (Lipinski definition) is 3. The molecule has 0 amide bonds. The van der Waals surface area contributed by atoms with Gasteiger partial charge in [-0.2, -0.15) is 17.4 Å². The van der Waals surface area contributed by atoms with E-state index < -0.39 is 10.2 Å². The summed E-state index contributed by atoms with van der Waals surface area (Å²) in [5.74, 6) is 0. The third-order valence-corrected chi connectivity index (χ3v) is 3.93. The van der Waals surface area contributed by atoms with Gasteiger partial charge in [0.1, 0.15) is 0 Å². The van der Waals surface area contributed by atoms with Gasteiger partial charge < -0.3 is 5.73 Å². The van der Waals surface area contributed by atoms with Gasteiger partial charge in [0.05, 0.1) is 0 Å². The van der Waals surface area contributed by atoms with Crippen LogP contribution in [-0.2, 0) is 10.2 Å². The minimum atomic E-state index is -3.31. The van der Waals surface area contributed by atoms with E-state index in [1.807, 2.05) is 0 Å². The first-order chi connectivity index (χ1) is 6.42. The van der Waals surface area contributed by atoms with Crippen molar-refractivity contribution >= 4 is 10.2 Å². The quantitative estimate of drug-likeness (QED) is 0.684. The van der Waals surface area contributed by atoms with Crippen molar-refractivity contribution in [1.29, 1.82) is 0 Å². The van der Waals surface area contributed by atoms with E-state index in [0.29, 0.717) is 13.1 Å². The zero-order valence-corrected chi connectivity index (χ0v) is 9.55. The molecule has 0 saturated carbocycles. The van der Waals surface area contributed by atoms with Gasteiger partial charge in [0, 0.05) is 25.2 Å². The summed E-state index contributed by atoms with van der Waals surface area (Å²) in [6.45, 7) is 4.63. The molecule has 5 nitrogen and oxygen atoms in total. The summed E-state index contributed by atoms with van der Waals surface area (Å²) >= 11 is 0. The van der Waals surface area contributed by atoms with Crippen LogP contribution < -0.4 is 10.5 Å².